The van der Waals surface area contributed by atoms with Crippen molar-refractivity contribution >= 4 is 6.09 Å². The zero-order valence-corrected chi connectivity index (χ0v) is 12.8. The number of aliphatic hydroxyl groups is 1. The molecule has 0 bridgehead atoms. The molecule has 1 unspecified atom stereocenters. The molecule has 1 amide bonds. The Morgan fingerprint density at radius 2 is 2.00 bits per heavy atom. The smallest absolute Gasteiger partial charge is 0.407 e. The third-order valence-electron chi connectivity index (χ3n) is 2.91. The highest BCUT2D eigenvalue weighted by Crippen LogP contribution is 2.18. The minimum Gasteiger partial charge on any atom is -0.444 e. The van der Waals surface area contributed by atoms with E-state index in [4.69, 9.17) is 4.74 Å². The van der Waals surface area contributed by atoms with E-state index in [2.05, 4.69) is 10.2 Å². The van der Waals surface area contributed by atoms with E-state index >= 15 is 0 Å². The molecule has 0 saturated carbocycles. The number of nitrogens with one attached hydrogen (secondary N) is 1. The fraction of sp³-hybridized carbons (Fsp3) is 0.929. The number of β-amino-alcohol motifs (C(OH)–C–C–N with tert-alkyl or cyclic N) is 1. The molecule has 1 aliphatic heterocycles. The van der Waals surface area contributed by atoms with Crippen LogP contribution in [0.25, 0.3) is 0 Å². The quantitative estimate of drug-likeness (QED) is 0.816. The molecule has 0 aliphatic carbocycles. The monoisotopic (exact) mass is 272 g/mol. The summed E-state index contributed by atoms with van der Waals surface area (Å²) >= 11 is 0. The number of nitrogens with zero attached hydrogens (tertiary/aromatic N) is 1. The largest absolute Gasteiger partial charge is 0.444 e. The average Bonchev–Trinajstić information content (AvgIpc) is 2.57. The van der Waals surface area contributed by atoms with E-state index in [1.165, 1.54) is 0 Å². The molecular weight excluding hydrogens is 244 g/mol. The second-order valence-electron chi connectivity index (χ2n) is 7.09. The molecule has 1 saturated heterocycles. The van der Waals surface area contributed by atoms with Crippen LogP contribution >= 0.6 is 0 Å². The maximum atomic E-state index is 11.5. The van der Waals surface area contributed by atoms with Gasteiger partial charge in [0.25, 0.3) is 0 Å². The van der Waals surface area contributed by atoms with E-state index in [0.717, 1.165) is 19.5 Å². The van der Waals surface area contributed by atoms with Crippen molar-refractivity contribution in [2.24, 2.45) is 5.92 Å². The highest BCUT2D eigenvalue weighted by atomic mass is 16.6. The van der Waals surface area contributed by atoms with E-state index in [1.54, 1.807) is 0 Å². The van der Waals surface area contributed by atoms with Crippen LogP contribution in [0.3, 0.4) is 0 Å². The minimum atomic E-state index is -0.659. The molecule has 1 atom stereocenters. The van der Waals surface area contributed by atoms with Gasteiger partial charge in [0.05, 0.1) is 5.60 Å². The van der Waals surface area contributed by atoms with Crippen LogP contribution < -0.4 is 5.32 Å². The molecule has 5 heteroatoms. The SMILES string of the molecule is CC(C)(O)CN1CCC(CNC(=O)OC(C)(C)C)C1. The highest BCUT2D eigenvalue weighted by molar-refractivity contribution is 5.67. The topological polar surface area (TPSA) is 61.8 Å². The maximum absolute atomic E-state index is 11.5. The lowest BCUT2D eigenvalue weighted by Crippen LogP contribution is -2.39. The Morgan fingerprint density at radius 3 is 2.53 bits per heavy atom. The van der Waals surface area contributed by atoms with E-state index in [-0.39, 0.29) is 6.09 Å². The van der Waals surface area contributed by atoms with Crippen molar-refractivity contribution in [3.05, 3.63) is 0 Å². The Balaban J connectivity index is 2.24. The predicted octanol–water partition coefficient (Wildman–Crippen LogP) is 1.60. The zero-order valence-electron chi connectivity index (χ0n) is 12.8. The summed E-state index contributed by atoms with van der Waals surface area (Å²) in [5.41, 5.74) is -1.11. The Morgan fingerprint density at radius 1 is 1.37 bits per heavy atom. The third-order valence-corrected chi connectivity index (χ3v) is 2.91. The standard InChI is InChI=1S/C14H28N2O3/c1-13(2,3)19-12(17)15-8-11-6-7-16(9-11)10-14(4,5)18/h11,18H,6-10H2,1-5H3,(H,15,17). The zero-order chi connectivity index (χ0) is 14.7. The van der Waals surface area contributed by atoms with Crippen LogP contribution in [0.5, 0.6) is 0 Å². The van der Waals surface area contributed by atoms with Crippen molar-refractivity contribution in [1.29, 1.82) is 0 Å². The van der Waals surface area contributed by atoms with Crippen molar-refractivity contribution in [2.45, 2.75) is 52.2 Å². The first-order chi connectivity index (χ1) is 8.55. The van der Waals surface area contributed by atoms with Crippen molar-refractivity contribution in [2.75, 3.05) is 26.2 Å². The summed E-state index contributed by atoms with van der Waals surface area (Å²) in [6.07, 6.45) is 0.694. The van der Waals surface area contributed by atoms with Gasteiger partial charge in [0, 0.05) is 19.6 Å². The summed E-state index contributed by atoms with van der Waals surface area (Å²) in [4.78, 5) is 13.8. The minimum absolute atomic E-state index is 0.353. The van der Waals surface area contributed by atoms with Crippen LogP contribution in [0.2, 0.25) is 0 Å². The number of hydrogen-bond donors (Lipinski definition) is 2. The molecule has 112 valence electrons. The summed E-state index contributed by atoms with van der Waals surface area (Å²) in [6, 6.07) is 0. The molecular formula is C14H28N2O3. The number of carbonyl (C=O) groups is 1. The molecule has 1 rings (SSSR count). The molecule has 2 N–H and O–H groups in total. The van der Waals surface area contributed by atoms with Gasteiger partial charge < -0.3 is 20.1 Å². The molecule has 1 heterocycles. The van der Waals surface area contributed by atoms with Gasteiger partial charge in [-0.2, -0.15) is 0 Å². The Kier molecular flexibility index (Phi) is 5.21. The van der Waals surface area contributed by atoms with Gasteiger partial charge in [-0.05, 0) is 53.5 Å². The molecule has 1 aliphatic rings. The first-order valence-electron chi connectivity index (χ1n) is 6.97. The van der Waals surface area contributed by atoms with E-state index in [9.17, 15) is 9.90 Å². The Labute approximate surface area is 116 Å². The molecule has 0 radical (unpaired) electrons. The van der Waals surface area contributed by atoms with Gasteiger partial charge in [-0.25, -0.2) is 4.79 Å². The first kappa shape index (κ1) is 16.2. The van der Waals surface area contributed by atoms with Gasteiger partial charge >= 0.3 is 6.09 Å². The highest BCUT2D eigenvalue weighted by Gasteiger charge is 2.27. The lowest BCUT2D eigenvalue weighted by Gasteiger charge is -2.25. The fourth-order valence-electron chi connectivity index (χ4n) is 2.31. The predicted molar refractivity (Wildman–Crippen MR) is 75.1 cm³/mol. The Bertz CT molecular complexity index is 305. The summed E-state index contributed by atoms with van der Waals surface area (Å²) < 4.78 is 5.20. The van der Waals surface area contributed by atoms with Crippen LogP contribution in [-0.2, 0) is 4.74 Å². The molecule has 0 aromatic heterocycles. The lowest BCUT2D eigenvalue weighted by molar-refractivity contribution is 0.0418. The Hall–Kier alpha value is -0.810. The number of likely N-dealkylation sites (tertiary alicyclic amines) is 1. The van der Waals surface area contributed by atoms with Crippen molar-refractivity contribution in [3.8, 4) is 0 Å². The summed E-state index contributed by atoms with van der Waals surface area (Å²) in [5, 5.41) is 12.6. The number of rotatable bonds is 4. The van der Waals surface area contributed by atoms with E-state index in [0.29, 0.717) is 19.0 Å². The van der Waals surface area contributed by atoms with Gasteiger partial charge in [-0.3, -0.25) is 0 Å². The van der Waals surface area contributed by atoms with Crippen molar-refractivity contribution in [1.82, 2.24) is 10.2 Å². The van der Waals surface area contributed by atoms with Crippen LogP contribution in [0.1, 0.15) is 41.0 Å². The summed E-state index contributed by atoms with van der Waals surface area (Å²) in [7, 11) is 0. The number of ether oxygens (including phenoxy) is 1. The summed E-state index contributed by atoms with van der Waals surface area (Å²) in [5.74, 6) is 0.440. The van der Waals surface area contributed by atoms with Gasteiger partial charge in [-0.1, -0.05) is 0 Å². The molecule has 5 nitrogen and oxygen atoms in total. The number of carbonyl (C=O) groups excluding carboxylic acids is 1. The van der Waals surface area contributed by atoms with Crippen molar-refractivity contribution in [3.63, 3.8) is 0 Å². The van der Waals surface area contributed by atoms with Crippen LogP contribution in [0.4, 0.5) is 4.79 Å². The maximum Gasteiger partial charge on any atom is 0.407 e. The fourth-order valence-corrected chi connectivity index (χ4v) is 2.31. The van der Waals surface area contributed by atoms with Gasteiger partial charge in [-0.15, -0.1) is 0 Å². The van der Waals surface area contributed by atoms with Crippen LogP contribution in [0, 0.1) is 5.92 Å². The molecule has 19 heavy (non-hydrogen) atoms. The molecule has 0 aromatic carbocycles. The first-order valence-corrected chi connectivity index (χ1v) is 6.97. The van der Waals surface area contributed by atoms with Gasteiger partial charge in [0.2, 0.25) is 0 Å². The molecule has 0 aromatic rings. The average molecular weight is 272 g/mol. The van der Waals surface area contributed by atoms with E-state index < -0.39 is 11.2 Å². The normalized spacial score (nSPS) is 21.5. The van der Waals surface area contributed by atoms with Gasteiger partial charge in [0.1, 0.15) is 5.60 Å². The third kappa shape index (κ3) is 7.38. The van der Waals surface area contributed by atoms with Gasteiger partial charge in [0.15, 0.2) is 0 Å². The summed E-state index contributed by atoms with van der Waals surface area (Å²) in [6.45, 7) is 12.4. The number of alkyl carbamates (subject to hydrolysis) is 1. The lowest BCUT2D eigenvalue weighted by atomic mass is 10.1. The molecule has 0 spiro atoms. The number of hydrogen-bond acceptors (Lipinski definition) is 4. The molecule has 1 fully saturated rings. The van der Waals surface area contributed by atoms with Crippen molar-refractivity contribution < 1.29 is 14.6 Å². The second kappa shape index (κ2) is 6.09. The van der Waals surface area contributed by atoms with Crippen LogP contribution in [-0.4, -0.2) is 53.5 Å². The number of amides is 1. The second-order valence-corrected chi connectivity index (χ2v) is 7.09. The van der Waals surface area contributed by atoms with Crippen LogP contribution in [0.15, 0.2) is 0 Å². The van der Waals surface area contributed by atoms with E-state index in [1.807, 2.05) is 34.6 Å².